The number of aryl methyl sites for hydroxylation is 3. The molecule has 4 rings (SSSR count). The van der Waals surface area contributed by atoms with Gasteiger partial charge in [0.15, 0.2) is 0 Å². The second-order valence-electron chi connectivity index (χ2n) is 9.21. The Morgan fingerprint density at radius 3 is 2.39 bits per heavy atom. The summed E-state index contributed by atoms with van der Waals surface area (Å²) >= 11 is 0.247. The third kappa shape index (κ3) is 6.22. The Morgan fingerprint density at radius 2 is 1.76 bits per heavy atom. The summed E-state index contributed by atoms with van der Waals surface area (Å²) in [6, 6.07) is 8.64. The number of hydrogen-bond donors (Lipinski definition) is 1. The van der Waals surface area contributed by atoms with E-state index in [0.29, 0.717) is 24.5 Å². The minimum atomic E-state index is -4.02. The van der Waals surface area contributed by atoms with Gasteiger partial charge in [0, 0.05) is 0 Å². The van der Waals surface area contributed by atoms with Crippen molar-refractivity contribution in [3.05, 3.63) is 56.2 Å². The van der Waals surface area contributed by atoms with Crippen LogP contribution in [0.2, 0.25) is 0 Å². The van der Waals surface area contributed by atoms with Crippen molar-refractivity contribution in [1.82, 2.24) is 0 Å². The molecule has 1 aliphatic rings. The summed E-state index contributed by atoms with van der Waals surface area (Å²) in [5.74, 6) is 1.05. The normalized spacial score (nSPS) is 15.0. The molecule has 0 radical (unpaired) electrons. The SMILES string of the molecule is CCC(=Cc1[se]c2cc(OC)c(OC)cc2[n+]1CCCS(=O)(=O)O)C=C1[Se]c2cc(C)c(C)cc2N1CC. The predicted octanol–water partition coefficient (Wildman–Crippen LogP) is 3.60. The van der Waals surface area contributed by atoms with Crippen molar-refractivity contribution in [3.63, 3.8) is 0 Å². The molecule has 0 bridgehead atoms. The summed E-state index contributed by atoms with van der Waals surface area (Å²) < 4.78 is 50.5. The van der Waals surface area contributed by atoms with Gasteiger partial charge in [0.1, 0.15) is 0 Å². The van der Waals surface area contributed by atoms with Gasteiger partial charge in [0.25, 0.3) is 0 Å². The van der Waals surface area contributed by atoms with Crippen LogP contribution in [0.15, 0.2) is 40.5 Å². The molecular formula is C28H35N2O5SSe2+. The Kier molecular flexibility index (Phi) is 9.13. The van der Waals surface area contributed by atoms with Gasteiger partial charge in [-0.15, -0.1) is 0 Å². The number of methoxy groups -OCH3 is 2. The molecule has 0 atom stereocenters. The third-order valence-corrected chi connectivity index (χ3v) is 12.1. The molecule has 2 aromatic carbocycles. The molecule has 204 valence electrons. The number of aromatic nitrogens is 1. The summed E-state index contributed by atoms with van der Waals surface area (Å²) in [5.41, 5.74) is 6.23. The monoisotopic (exact) mass is 671 g/mol. The molecular weight excluding hydrogens is 634 g/mol. The Morgan fingerprint density at radius 1 is 1.08 bits per heavy atom. The second-order valence-corrected chi connectivity index (χ2v) is 15.2. The van der Waals surface area contributed by atoms with Crippen molar-refractivity contribution in [2.75, 3.05) is 31.4 Å². The van der Waals surface area contributed by atoms with E-state index in [4.69, 9.17) is 9.47 Å². The van der Waals surface area contributed by atoms with E-state index < -0.39 is 10.1 Å². The topological polar surface area (TPSA) is 79.9 Å². The van der Waals surface area contributed by atoms with Crippen LogP contribution < -0.4 is 23.4 Å². The molecule has 10 heteroatoms. The first kappa shape index (κ1) is 28.9. The van der Waals surface area contributed by atoms with Gasteiger partial charge in [-0.3, -0.25) is 0 Å². The fourth-order valence-electron chi connectivity index (χ4n) is 4.52. The summed E-state index contributed by atoms with van der Waals surface area (Å²) in [5, 5.41) is 0. The maximum atomic E-state index is 11.4. The van der Waals surface area contributed by atoms with E-state index in [9.17, 15) is 13.0 Å². The van der Waals surface area contributed by atoms with Gasteiger partial charge in [0.2, 0.25) is 0 Å². The van der Waals surface area contributed by atoms with E-state index in [1.54, 1.807) is 14.2 Å². The van der Waals surface area contributed by atoms with Crippen molar-refractivity contribution < 1.29 is 27.0 Å². The van der Waals surface area contributed by atoms with Crippen molar-refractivity contribution >= 4 is 65.6 Å². The van der Waals surface area contributed by atoms with Crippen molar-refractivity contribution in [2.24, 2.45) is 0 Å². The predicted molar refractivity (Wildman–Crippen MR) is 156 cm³/mol. The first-order valence-electron chi connectivity index (χ1n) is 12.6. The number of ether oxygens (including phenoxy) is 2. The molecule has 1 N–H and O–H groups in total. The van der Waals surface area contributed by atoms with E-state index in [0.717, 1.165) is 27.3 Å². The minimum absolute atomic E-state index is 0.00828. The fraction of sp³-hybridized carbons (Fsp3) is 0.393. The number of allylic oxidation sites excluding steroid dienone is 2. The van der Waals surface area contributed by atoms with Gasteiger partial charge >= 0.3 is 239 Å². The van der Waals surface area contributed by atoms with Crippen LogP contribution in [0.1, 0.15) is 42.4 Å². The van der Waals surface area contributed by atoms with Crippen LogP contribution in [0, 0.1) is 13.8 Å². The van der Waals surface area contributed by atoms with Crippen LogP contribution >= 0.6 is 0 Å². The average molecular weight is 670 g/mol. The molecule has 7 nitrogen and oxygen atoms in total. The maximum absolute atomic E-state index is 11.4. The quantitative estimate of drug-likeness (QED) is 0.202. The summed E-state index contributed by atoms with van der Waals surface area (Å²) in [4.78, 5) is 2.43. The van der Waals surface area contributed by atoms with Crippen LogP contribution in [-0.2, 0) is 16.7 Å². The summed E-state index contributed by atoms with van der Waals surface area (Å²) in [6.07, 6.45) is 5.82. The van der Waals surface area contributed by atoms with E-state index in [1.165, 1.54) is 31.4 Å². The van der Waals surface area contributed by atoms with E-state index in [2.05, 4.69) is 61.4 Å². The van der Waals surface area contributed by atoms with Crippen LogP contribution in [0.3, 0.4) is 0 Å². The van der Waals surface area contributed by atoms with Gasteiger partial charge in [-0.2, -0.15) is 0 Å². The Hall–Kier alpha value is -2.06. The number of hydrogen-bond acceptors (Lipinski definition) is 5. The second kappa shape index (κ2) is 12.0. The molecule has 0 saturated heterocycles. The van der Waals surface area contributed by atoms with Gasteiger partial charge in [-0.1, -0.05) is 0 Å². The van der Waals surface area contributed by atoms with Crippen molar-refractivity contribution in [1.29, 1.82) is 0 Å². The van der Waals surface area contributed by atoms with Gasteiger partial charge in [-0.05, 0) is 0 Å². The zero-order valence-electron chi connectivity index (χ0n) is 22.7. The summed E-state index contributed by atoms with van der Waals surface area (Å²) in [6.45, 7) is 10.1. The Balaban J connectivity index is 1.78. The number of fused-ring (bicyclic) bond motifs is 2. The number of anilines is 1. The molecule has 0 aliphatic carbocycles. The standard InChI is InChI=1S/C28H34N2O5SSe2/c1-7-20(14-27-29(8-2)21-12-18(3)19(4)13-25(21)37-27)15-28-30(10-9-11-36(31,32)33)22-16-23(34-5)24(35-6)17-26(22)38-28/h12-17H,7-11H2,1-6H3/p+1. The van der Waals surface area contributed by atoms with E-state index in [1.807, 2.05) is 12.1 Å². The molecule has 0 saturated carbocycles. The van der Waals surface area contributed by atoms with Gasteiger partial charge in [-0.25, -0.2) is 0 Å². The van der Waals surface area contributed by atoms with Crippen LogP contribution in [0.5, 0.6) is 11.5 Å². The molecule has 1 aliphatic heterocycles. The van der Waals surface area contributed by atoms with Gasteiger partial charge in [0.05, 0.1) is 0 Å². The van der Waals surface area contributed by atoms with Crippen molar-refractivity contribution in [2.45, 2.75) is 47.1 Å². The number of rotatable bonds is 10. The molecule has 38 heavy (non-hydrogen) atoms. The fourth-order valence-corrected chi connectivity index (χ4v) is 10.2. The molecule has 0 spiro atoms. The molecule has 0 amide bonds. The zero-order valence-corrected chi connectivity index (χ0v) is 26.9. The van der Waals surface area contributed by atoms with E-state index >= 15 is 0 Å². The number of benzene rings is 2. The van der Waals surface area contributed by atoms with Crippen LogP contribution in [0.25, 0.3) is 15.9 Å². The first-order chi connectivity index (χ1) is 18.1. The van der Waals surface area contributed by atoms with E-state index in [-0.39, 0.29) is 35.2 Å². The van der Waals surface area contributed by atoms with Gasteiger partial charge < -0.3 is 0 Å². The molecule has 1 aromatic heterocycles. The molecule has 0 unspecified atom stereocenters. The summed E-state index contributed by atoms with van der Waals surface area (Å²) in [7, 11) is -0.778. The Bertz CT molecular complexity index is 1530. The van der Waals surface area contributed by atoms with Crippen molar-refractivity contribution in [3.8, 4) is 11.5 Å². The van der Waals surface area contributed by atoms with Crippen LogP contribution in [0.4, 0.5) is 5.69 Å². The molecule has 0 fully saturated rings. The third-order valence-electron chi connectivity index (χ3n) is 6.71. The number of nitrogens with zero attached hydrogens (tertiary/aromatic N) is 2. The molecule has 3 aromatic rings. The zero-order chi connectivity index (χ0) is 27.6. The Labute approximate surface area is 237 Å². The first-order valence-corrected chi connectivity index (χ1v) is 17.6. The van der Waals surface area contributed by atoms with Crippen LogP contribution in [-0.4, -0.2) is 68.9 Å². The average Bonchev–Trinajstić information content (AvgIpc) is 3.37. The molecule has 2 heterocycles.